The highest BCUT2D eigenvalue weighted by Gasteiger charge is 2.08. The van der Waals surface area contributed by atoms with Gasteiger partial charge in [-0.15, -0.1) is 0 Å². The molecule has 0 amide bonds. The molecule has 15 heavy (non-hydrogen) atoms. The number of phenols is 1. The van der Waals surface area contributed by atoms with Crippen LogP contribution in [-0.2, 0) is 6.54 Å². The first kappa shape index (κ1) is 12.6. The molecule has 1 rings (SSSR count). The Morgan fingerprint density at radius 2 is 2.00 bits per heavy atom. The summed E-state index contributed by atoms with van der Waals surface area (Å²) < 4.78 is 0. The fraction of sp³-hybridized carbons (Fsp3) is 0.455. The van der Waals surface area contributed by atoms with Gasteiger partial charge in [0.05, 0.1) is 5.02 Å². The molecule has 0 bridgehead atoms. The van der Waals surface area contributed by atoms with Crippen LogP contribution in [0.25, 0.3) is 0 Å². The van der Waals surface area contributed by atoms with E-state index in [1.54, 1.807) is 12.1 Å². The van der Waals surface area contributed by atoms with E-state index in [0.29, 0.717) is 11.6 Å². The average molecular weight is 248 g/mol. The van der Waals surface area contributed by atoms with Gasteiger partial charge in [0.15, 0.2) is 0 Å². The van der Waals surface area contributed by atoms with Crippen molar-refractivity contribution < 1.29 is 5.11 Å². The molecule has 4 heteroatoms. The lowest BCUT2D eigenvalue weighted by Crippen LogP contribution is -2.14. The lowest BCUT2D eigenvalue weighted by atomic mass is 10.2. The standard InChI is InChI=1S/C11H15Cl2NO/c1-2-3-6-14-7-8-4-5-9(15)11(13)10(8)12/h4-5,14-15H,2-3,6-7H2,1H3. The quantitative estimate of drug-likeness (QED) is 0.780. The number of unbranched alkanes of at least 4 members (excludes halogenated alkanes) is 1. The summed E-state index contributed by atoms with van der Waals surface area (Å²) in [5.74, 6) is 0.0268. The molecule has 1 aromatic rings. The predicted octanol–water partition coefficient (Wildman–Crippen LogP) is 3.59. The molecule has 0 unspecified atom stereocenters. The minimum Gasteiger partial charge on any atom is -0.506 e. The first-order chi connectivity index (χ1) is 7.16. The number of halogens is 2. The van der Waals surface area contributed by atoms with Gasteiger partial charge in [-0.05, 0) is 24.6 Å². The third-order valence-corrected chi connectivity index (χ3v) is 3.08. The summed E-state index contributed by atoms with van der Waals surface area (Å²) in [5.41, 5.74) is 0.913. The van der Waals surface area contributed by atoms with E-state index >= 15 is 0 Å². The Morgan fingerprint density at radius 3 is 2.67 bits per heavy atom. The Labute approximate surface area is 100 Å². The number of nitrogens with one attached hydrogen (secondary N) is 1. The first-order valence-corrected chi connectivity index (χ1v) is 5.79. The highest BCUT2D eigenvalue weighted by molar-refractivity contribution is 6.43. The van der Waals surface area contributed by atoms with Gasteiger partial charge in [-0.3, -0.25) is 0 Å². The summed E-state index contributed by atoms with van der Waals surface area (Å²) >= 11 is 11.8. The van der Waals surface area contributed by atoms with Crippen molar-refractivity contribution in [1.29, 1.82) is 0 Å². The zero-order chi connectivity index (χ0) is 11.3. The number of rotatable bonds is 5. The van der Waals surface area contributed by atoms with E-state index in [0.717, 1.165) is 24.9 Å². The third kappa shape index (κ3) is 3.56. The molecule has 0 fully saturated rings. The molecule has 0 heterocycles. The zero-order valence-electron chi connectivity index (χ0n) is 8.69. The van der Waals surface area contributed by atoms with Crippen LogP contribution in [-0.4, -0.2) is 11.7 Å². The second kappa shape index (κ2) is 6.21. The van der Waals surface area contributed by atoms with Gasteiger partial charge in [-0.1, -0.05) is 42.6 Å². The summed E-state index contributed by atoms with van der Waals surface area (Å²) in [6, 6.07) is 3.34. The SMILES string of the molecule is CCCCNCc1ccc(O)c(Cl)c1Cl. The van der Waals surface area contributed by atoms with Crippen molar-refractivity contribution >= 4 is 23.2 Å². The van der Waals surface area contributed by atoms with Gasteiger partial charge >= 0.3 is 0 Å². The summed E-state index contributed by atoms with van der Waals surface area (Å²) in [6.07, 6.45) is 2.31. The normalized spacial score (nSPS) is 10.6. The minimum atomic E-state index is 0.0268. The lowest BCUT2D eigenvalue weighted by Gasteiger charge is -2.08. The van der Waals surface area contributed by atoms with Gasteiger partial charge in [0.1, 0.15) is 10.8 Å². The number of aromatic hydroxyl groups is 1. The van der Waals surface area contributed by atoms with E-state index < -0.39 is 0 Å². The second-order valence-electron chi connectivity index (χ2n) is 3.40. The van der Waals surface area contributed by atoms with Crippen molar-refractivity contribution in [2.24, 2.45) is 0 Å². The van der Waals surface area contributed by atoms with Crippen LogP contribution in [0.2, 0.25) is 10.0 Å². The first-order valence-electron chi connectivity index (χ1n) is 5.03. The maximum Gasteiger partial charge on any atom is 0.135 e. The molecule has 0 aromatic heterocycles. The van der Waals surface area contributed by atoms with E-state index in [1.807, 2.05) is 0 Å². The summed E-state index contributed by atoms with van der Waals surface area (Å²) in [5, 5.41) is 13.2. The van der Waals surface area contributed by atoms with Crippen LogP contribution in [0.3, 0.4) is 0 Å². The molecule has 0 aliphatic carbocycles. The topological polar surface area (TPSA) is 32.3 Å². The van der Waals surface area contributed by atoms with Crippen molar-refractivity contribution in [2.75, 3.05) is 6.54 Å². The molecule has 0 aliphatic rings. The third-order valence-electron chi connectivity index (χ3n) is 2.16. The Morgan fingerprint density at radius 1 is 1.27 bits per heavy atom. The van der Waals surface area contributed by atoms with Crippen molar-refractivity contribution in [1.82, 2.24) is 5.32 Å². The molecule has 2 nitrogen and oxygen atoms in total. The fourth-order valence-electron chi connectivity index (χ4n) is 1.24. The van der Waals surface area contributed by atoms with Crippen molar-refractivity contribution in [3.8, 4) is 5.75 Å². The molecule has 0 spiro atoms. The summed E-state index contributed by atoms with van der Waals surface area (Å²) in [7, 11) is 0. The number of phenolic OH excluding ortho intramolecular Hbond substituents is 1. The summed E-state index contributed by atoms with van der Waals surface area (Å²) in [4.78, 5) is 0. The molecule has 0 saturated carbocycles. The van der Waals surface area contributed by atoms with Crippen LogP contribution in [0, 0.1) is 0 Å². The Hall–Kier alpha value is -0.440. The van der Waals surface area contributed by atoms with Crippen LogP contribution < -0.4 is 5.32 Å². The largest absolute Gasteiger partial charge is 0.506 e. The zero-order valence-corrected chi connectivity index (χ0v) is 10.2. The Balaban J connectivity index is 2.58. The van der Waals surface area contributed by atoms with E-state index in [-0.39, 0.29) is 10.8 Å². The van der Waals surface area contributed by atoms with Crippen molar-refractivity contribution in [3.05, 3.63) is 27.7 Å². The van der Waals surface area contributed by atoms with Crippen molar-refractivity contribution in [3.63, 3.8) is 0 Å². The van der Waals surface area contributed by atoms with Crippen LogP contribution in [0.4, 0.5) is 0 Å². The second-order valence-corrected chi connectivity index (χ2v) is 4.16. The molecule has 2 N–H and O–H groups in total. The molecule has 84 valence electrons. The van der Waals surface area contributed by atoms with Crippen LogP contribution in [0.1, 0.15) is 25.3 Å². The van der Waals surface area contributed by atoms with E-state index in [4.69, 9.17) is 23.2 Å². The van der Waals surface area contributed by atoms with E-state index in [1.165, 1.54) is 0 Å². The smallest absolute Gasteiger partial charge is 0.135 e. The minimum absolute atomic E-state index is 0.0268. The van der Waals surface area contributed by atoms with E-state index in [2.05, 4.69) is 12.2 Å². The van der Waals surface area contributed by atoms with Crippen LogP contribution in [0.5, 0.6) is 5.75 Å². The highest BCUT2D eigenvalue weighted by Crippen LogP contribution is 2.33. The fourth-order valence-corrected chi connectivity index (χ4v) is 1.65. The number of benzene rings is 1. The molecular weight excluding hydrogens is 233 g/mol. The molecule has 0 aliphatic heterocycles. The lowest BCUT2D eigenvalue weighted by molar-refractivity contribution is 0.475. The van der Waals surface area contributed by atoms with Gasteiger partial charge in [-0.25, -0.2) is 0 Å². The Kier molecular flexibility index (Phi) is 5.23. The van der Waals surface area contributed by atoms with Crippen molar-refractivity contribution in [2.45, 2.75) is 26.3 Å². The van der Waals surface area contributed by atoms with Gasteiger partial charge in [0, 0.05) is 6.54 Å². The maximum absolute atomic E-state index is 9.30. The molecule has 0 saturated heterocycles. The molecular formula is C11H15Cl2NO. The number of hydrogen-bond donors (Lipinski definition) is 2. The van der Waals surface area contributed by atoms with Gasteiger partial charge in [0.2, 0.25) is 0 Å². The van der Waals surface area contributed by atoms with Crippen LogP contribution >= 0.6 is 23.2 Å². The van der Waals surface area contributed by atoms with Crippen LogP contribution in [0.15, 0.2) is 12.1 Å². The average Bonchev–Trinajstić information content (AvgIpc) is 2.24. The maximum atomic E-state index is 9.30. The summed E-state index contributed by atoms with van der Waals surface area (Å²) in [6.45, 7) is 3.79. The van der Waals surface area contributed by atoms with Gasteiger partial charge < -0.3 is 10.4 Å². The van der Waals surface area contributed by atoms with Gasteiger partial charge in [-0.2, -0.15) is 0 Å². The molecule has 1 aromatic carbocycles. The number of hydrogen-bond acceptors (Lipinski definition) is 2. The molecule has 0 atom stereocenters. The van der Waals surface area contributed by atoms with Gasteiger partial charge in [0.25, 0.3) is 0 Å². The van der Waals surface area contributed by atoms with E-state index in [9.17, 15) is 5.11 Å². The monoisotopic (exact) mass is 247 g/mol. The highest BCUT2D eigenvalue weighted by atomic mass is 35.5. The molecule has 0 radical (unpaired) electrons. The predicted molar refractivity (Wildman–Crippen MR) is 64.7 cm³/mol. The Bertz CT molecular complexity index is 329.